The van der Waals surface area contributed by atoms with Gasteiger partial charge >= 0.3 is 0 Å². The van der Waals surface area contributed by atoms with Crippen molar-refractivity contribution in [2.75, 3.05) is 6.54 Å². The highest BCUT2D eigenvalue weighted by Crippen LogP contribution is 2.17. The Morgan fingerprint density at radius 1 is 1.22 bits per heavy atom. The lowest BCUT2D eigenvalue weighted by Gasteiger charge is -2.19. The molecule has 23 heavy (non-hydrogen) atoms. The van der Waals surface area contributed by atoms with E-state index in [2.05, 4.69) is 4.98 Å². The first-order valence-electron chi connectivity index (χ1n) is 7.53. The second-order valence-electron chi connectivity index (χ2n) is 5.63. The first-order valence-corrected chi connectivity index (χ1v) is 7.53. The molecule has 4 rings (SSSR count). The van der Waals surface area contributed by atoms with Gasteiger partial charge in [-0.2, -0.15) is 0 Å². The monoisotopic (exact) mass is 309 g/mol. The average Bonchev–Trinajstić information content (AvgIpc) is 2.91. The Bertz CT molecular complexity index is 941. The number of fused-ring (bicyclic) bond motifs is 2. The van der Waals surface area contributed by atoms with E-state index in [0.717, 1.165) is 18.7 Å². The smallest absolute Gasteiger partial charge is 0.290 e. The van der Waals surface area contributed by atoms with Gasteiger partial charge in [-0.15, -0.1) is 0 Å². The van der Waals surface area contributed by atoms with E-state index >= 15 is 0 Å². The minimum absolute atomic E-state index is 0.0849. The van der Waals surface area contributed by atoms with Crippen molar-refractivity contribution in [2.24, 2.45) is 0 Å². The summed E-state index contributed by atoms with van der Waals surface area (Å²) in [6.07, 6.45) is 4.38. The summed E-state index contributed by atoms with van der Waals surface area (Å²) in [6.45, 7) is 1.92. The summed E-state index contributed by atoms with van der Waals surface area (Å²) < 4.78 is 7.70. The third-order valence-electron chi connectivity index (χ3n) is 4.11. The molecule has 0 unspecified atom stereocenters. The van der Waals surface area contributed by atoms with Crippen molar-refractivity contribution < 1.29 is 9.21 Å². The van der Waals surface area contributed by atoms with Crippen LogP contribution in [0.25, 0.3) is 11.0 Å². The maximum absolute atomic E-state index is 12.7. The fourth-order valence-electron chi connectivity index (χ4n) is 2.93. The summed E-state index contributed by atoms with van der Waals surface area (Å²) in [5.74, 6) is -0.177. The number of rotatable bonds is 1. The highest BCUT2D eigenvalue weighted by Gasteiger charge is 2.23. The topological polar surface area (TPSA) is 68.3 Å². The summed E-state index contributed by atoms with van der Waals surface area (Å²) in [7, 11) is 0. The molecule has 1 aliphatic heterocycles. The highest BCUT2D eigenvalue weighted by molar-refractivity contribution is 5.93. The number of aryl methyl sites for hydroxylation is 1. The lowest BCUT2D eigenvalue weighted by Crippen LogP contribution is -2.31. The maximum atomic E-state index is 12.7. The molecule has 1 aliphatic rings. The van der Waals surface area contributed by atoms with Crippen LogP contribution in [0.5, 0.6) is 0 Å². The van der Waals surface area contributed by atoms with Crippen LogP contribution in [0, 0.1) is 0 Å². The zero-order valence-corrected chi connectivity index (χ0v) is 12.4. The molecule has 0 atom stereocenters. The zero-order chi connectivity index (χ0) is 15.8. The van der Waals surface area contributed by atoms with Crippen molar-refractivity contribution in [1.82, 2.24) is 14.5 Å². The van der Waals surface area contributed by atoms with Crippen LogP contribution < -0.4 is 5.43 Å². The number of nitrogens with zero attached hydrogens (tertiary/aromatic N) is 3. The number of hydrogen-bond acceptors (Lipinski definition) is 4. The van der Waals surface area contributed by atoms with Crippen LogP contribution >= 0.6 is 0 Å². The van der Waals surface area contributed by atoms with Crippen molar-refractivity contribution in [3.8, 4) is 0 Å². The Morgan fingerprint density at radius 3 is 3.00 bits per heavy atom. The molecule has 0 saturated heterocycles. The quantitative estimate of drug-likeness (QED) is 0.690. The number of carbonyl (C=O) groups is 1. The van der Waals surface area contributed by atoms with Gasteiger partial charge in [0.2, 0.25) is 0 Å². The van der Waals surface area contributed by atoms with E-state index in [0.29, 0.717) is 24.1 Å². The van der Waals surface area contributed by atoms with Crippen LogP contribution in [0.1, 0.15) is 22.7 Å². The van der Waals surface area contributed by atoms with E-state index in [1.54, 1.807) is 41.7 Å². The summed E-state index contributed by atoms with van der Waals surface area (Å²) in [4.78, 5) is 30.7. The normalized spacial score (nSPS) is 14.5. The lowest BCUT2D eigenvalue weighted by molar-refractivity contribution is 0.0714. The lowest BCUT2D eigenvalue weighted by atomic mass is 10.2. The van der Waals surface area contributed by atoms with Gasteiger partial charge in [0.1, 0.15) is 5.58 Å². The predicted octanol–water partition coefficient (Wildman–Crippen LogP) is 2.04. The van der Waals surface area contributed by atoms with Gasteiger partial charge in [-0.1, -0.05) is 12.1 Å². The van der Waals surface area contributed by atoms with Gasteiger partial charge in [-0.25, -0.2) is 4.98 Å². The highest BCUT2D eigenvalue weighted by atomic mass is 16.3. The maximum Gasteiger partial charge on any atom is 0.290 e. The fourth-order valence-corrected chi connectivity index (χ4v) is 2.93. The summed E-state index contributed by atoms with van der Waals surface area (Å²) in [5, 5.41) is 0.484. The average molecular weight is 309 g/mol. The van der Waals surface area contributed by atoms with Gasteiger partial charge in [-0.05, 0) is 18.6 Å². The second-order valence-corrected chi connectivity index (χ2v) is 5.63. The summed E-state index contributed by atoms with van der Waals surface area (Å²) >= 11 is 0. The molecule has 6 heteroatoms. The van der Waals surface area contributed by atoms with E-state index < -0.39 is 0 Å². The molecule has 6 nitrogen and oxygen atoms in total. The largest absolute Gasteiger partial charge is 0.451 e. The molecule has 0 N–H and O–H groups in total. The zero-order valence-electron chi connectivity index (χ0n) is 12.4. The van der Waals surface area contributed by atoms with Crippen molar-refractivity contribution in [1.29, 1.82) is 0 Å². The first-order chi connectivity index (χ1) is 11.2. The van der Waals surface area contributed by atoms with E-state index in [-0.39, 0.29) is 17.1 Å². The molecule has 0 radical (unpaired) electrons. The minimum Gasteiger partial charge on any atom is -0.451 e. The van der Waals surface area contributed by atoms with Crippen LogP contribution in [0.4, 0.5) is 0 Å². The Morgan fingerprint density at radius 2 is 2.09 bits per heavy atom. The minimum atomic E-state index is -0.262. The molecule has 3 aromatic rings. The van der Waals surface area contributed by atoms with Crippen molar-refractivity contribution >= 4 is 16.9 Å². The van der Waals surface area contributed by atoms with E-state index in [9.17, 15) is 9.59 Å². The molecular formula is C17H15N3O3. The van der Waals surface area contributed by atoms with E-state index in [4.69, 9.17) is 4.42 Å². The van der Waals surface area contributed by atoms with Gasteiger partial charge in [-0.3, -0.25) is 9.59 Å². The Kier molecular flexibility index (Phi) is 3.22. The molecule has 116 valence electrons. The number of amides is 1. The van der Waals surface area contributed by atoms with Gasteiger partial charge < -0.3 is 13.9 Å². The van der Waals surface area contributed by atoms with Crippen molar-refractivity contribution in [2.45, 2.75) is 19.5 Å². The molecule has 0 fully saturated rings. The second kappa shape index (κ2) is 5.39. The molecule has 0 spiro atoms. The number of para-hydroxylation sites is 1. The molecule has 0 aliphatic carbocycles. The Hall–Kier alpha value is -2.89. The number of aromatic nitrogens is 2. The van der Waals surface area contributed by atoms with Crippen molar-refractivity contribution in [3.63, 3.8) is 0 Å². The van der Waals surface area contributed by atoms with Gasteiger partial charge in [0.05, 0.1) is 24.0 Å². The Labute approximate surface area is 132 Å². The summed E-state index contributed by atoms with van der Waals surface area (Å²) in [5.41, 5.74) is 1.22. The molecule has 3 heterocycles. The van der Waals surface area contributed by atoms with Crippen LogP contribution in [0.15, 0.2) is 52.1 Å². The van der Waals surface area contributed by atoms with Crippen LogP contribution in [0.2, 0.25) is 0 Å². The van der Waals surface area contributed by atoms with Crippen LogP contribution in [-0.4, -0.2) is 26.9 Å². The SMILES string of the molecule is O=C(c1cc(=O)c2ccccc2o1)N1CCCn2cncc2C1. The van der Waals surface area contributed by atoms with Crippen molar-refractivity contribution in [3.05, 3.63) is 64.5 Å². The first kappa shape index (κ1) is 13.8. The molecular weight excluding hydrogens is 294 g/mol. The van der Waals surface area contributed by atoms with E-state index in [1.807, 2.05) is 4.57 Å². The number of carbonyl (C=O) groups excluding carboxylic acids is 1. The predicted molar refractivity (Wildman–Crippen MR) is 84.1 cm³/mol. The number of benzene rings is 1. The standard InChI is InChI=1S/C17H15N3O3/c21-14-8-16(23-15-5-2-1-4-13(14)15)17(22)19-6-3-7-20-11-18-9-12(20)10-19/h1-2,4-5,8-9,11H,3,6-7,10H2. The number of imidazole rings is 1. The molecule has 0 saturated carbocycles. The third kappa shape index (κ3) is 2.42. The van der Waals surface area contributed by atoms with Gasteiger partial charge in [0.25, 0.3) is 5.91 Å². The number of hydrogen-bond donors (Lipinski definition) is 0. The van der Waals surface area contributed by atoms with E-state index in [1.165, 1.54) is 6.07 Å². The van der Waals surface area contributed by atoms with Crippen LogP contribution in [-0.2, 0) is 13.1 Å². The molecule has 1 amide bonds. The van der Waals surface area contributed by atoms with Gasteiger partial charge in [0, 0.05) is 25.4 Å². The summed E-state index contributed by atoms with van der Waals surface area (Å²) in [6, 6.07) is 8.23. The third-order valence-corrected chi connectivity index (χ3v) is 4.11. The molecule has 2 aromatic heterocycles. The van der Waals surface area contributed by atoms with Crippen LogP contribution in [0.3, 0.4) is 0 Å². The van der Waals surface area contributed by atoms with Gasteiger partial charge in [0.15, 0.2) is 11.2 Å². The molecule has 0 bridgehead atoms. The Balaban J connectivity index is 1.70. The fraction of sp³-hybridized carbons (Fsp3) is 0.235. The molecule has 1 aromatic carbocycles.